The van der Waals surface area contributed by atoms with Crippen molar-refractivity contribution in [2.75, 3.05) is 9.80 Å². The van der Waals surface area contributed by atoms with Gasteiger partial charge in [-0.1, -0.05) is 170 Å². The molecule has 0 fully saturated rings. The molecule has 0 saturated heterocycles. The molecule has 0 bridgehead atoms. The molecular weight excluding hydrogens is 1020 g/mol. The minimum absolute atomic E-state index is 0.812. The lowest BCUT2D eigenvalue weighted by molar-refractivity contribution is 0.667. The molecule has 1 aliphatic heterocycles. The highest BCUT2D eigenvalue weighted by molar-refractivity contribution is 7.27. The Kier molecular flexibility index (Phi) is 9.74. The van der Waals surface area contributed by atoms with Crippen LogP contribution in [0.4, 0.5) is 34.1 Å². The summed E-state index contributed by atoms with van der Waals surface area (Å²) in [4.78, 5) is 4.82. The van der Waals surface area contributed by atoms with Crippen molar-refractivity contribution in [3.05, 3.63) is 267 Å². The predicted octanol–water partition coefficient (Wildman–Crippen LogP) is 18.5. The van der Waals surface area contributed by atoms with E-state index < -0.39 is 8.07 Å². The highest BCUT2D eigenvalue weighted by Crippen LogP contribution is 2.47. The van der Waals surface area contributed by atoms with E-state index in [-0.39, 0.29) is 0 Å². The fourth-order valence-electron chi connectivity index (χ4n) is 13.0. The van der Waals surface area contributed by atoms with E-state index >= 15 is 0 Å². The van der Waals surface area contributed by atoms with Crippen LogP contribution in [0, 0.1) is 0 Å². The zero-order valence-electron chi connectivity index (χ0n) is 42.4. The second-order valence-electron chi connectivity index (χ2n) is 20.7. The molecule has 0 amide bonds. The lowest BCUT2D eigenvalue weighted by Crippen LogP contribution is -2.77. The van der Waals surface area contributed by atoms with Crippen molar-refractivity contribution in [1.82, 2.24) is 0 Å². The molecule has 370 valence electrons. The number of furan rings is 2. The molecule has 0 saturated carbocycles. The summed E-state index contributed by atoms with van der Waals surface area (Å²) in [6.07, 6.45) is 0. The Balaban J connectivity index is 0.932. The van der Waals surface area contributed by atoms with Crippen LogP contribution in [0.1, 0.15) is 0 Å². The van der Waals surface area contributed by atoms with E-state index in [0.29, 0.717) is 0 Å². The molecule has 0 spiro atoms. The highest BCUT2D eigenvalue weighted by atomic mass is 32.1. The molecule has 0 radical (unpaired) electrons. The molecule has 7 heteroatoms. The number of fused-ring (bicyclic) bond motifs is 14. The van der Waals surface area contributed by atoms with Gasteiger partial charge in [-0.05, 0) is 123 Å². The van der Waals surface area contributed by atoms with E-state index in [1.165, 1.54) is 78.0 Å². The molecule has 0 aliphatic carbocycles. The van der Waals surface area contributed by atoms with Crippen molar-refractivity contribution in [2.45, 2.75) is 0 Å². The van der Waals surface area contributed by atoms with Gasteiger partial charge in [0, 0.05) is 90.7 Å². The topological polar surface area (TPSA) is 32.8 Å². The summed E-state index contributed by atoms with van der Waals surface area (Å²) in [6.45, 7) is 0. The number of hydrogen-bond donors (Lipinski definition) is 0. The van der Waals surface area contributed by atoms with Crippen molar-refractivity contribution >= 4 is 170 Å². The SMILES string of the molecule is c1ccc(-c2ccc(N(c3ccc4c(c3)oc3cc5c(cc34)N(c3ccccc3)c3ccccc3[Si]5(c3ccc4c(c3)sc3ccccc34)c3ccc4c(c3)sc3ccccc34)c3cccc4c3oc3ccccc34)cc2)cc1. The Morgan fingerprint density at radius 1 is 0.329 bits per heavy atom. The first-order valence-electron chi connectivity index (χ1n) is 26.8. The first-order chi connectivity index (χ1) is 39.1. The standard InChI is InChI=1S/C72H44N2O2S2Si/c1-3-16-45(17-4-1)46-30-32-48(33-31-46)73(61-25-15-23-58-52-20-7-11-26-63(52)76-72(58)61)49-34-37-53-59-43-62-71(44-65(59)75-64(53)40-49)79(50-35-38-56-54-21-8-12-27-66(54)77-68(56)41-50,51-36-39-57-55-22-9-13-28-67(55)78-69(57)42-51)70-29-14-10-24-60(70)74(62)47-18-5-2-6-19-47/h1-44H. The number of rotatable bonds is 7. The van der Waals surface area contributed by atoms with E-state index in [4.69, 9.17) is 8.83 Å². The van der Waals surface area contributed by atoms with Gasteiger partial charge in [-0.25, -0.2) is 0 Å². The van der Waals surface area contributed by atoms with Gasteiger partial charge >= 0.3 is 0 Å². The molecule has 0 unspecified atom stereocenters. The van der Waals surface area contributed by atoms with E-state index in [0.717, 1.165) is 72.2 Å². The number of anilines is 6. The molecule has 16 aromatic rings. The monoisotopic (exact) mass is 1060 g/mol. The molecule has 5 heterocycles. The molecular formula is C72H44N2O2S2Si. The van der Waals surface area contributed by atoms with Gasteiger partial charge in [-0.15, -0.1) is 22.7 Å². The summed E-state index contributed by atoms with van der Waals surface area (Å²) in [5.41, 5.74) is 12.1. The normalized spacial score (nSPS) is 13.1. The number of benzene rings is 12. The Morgan fingerprint density at radius 2 is 0.886 bits per heavy atom. The maximum atomic E-state index is 7.37. The number of hydrogen-bond acceptors (Lipinski definition) is 6. The van der Waals surface area contributed by atoms with Crippen LogP contribution in [0.15, 0.2) is 276 Å². The lowest BCUT2D eigenvalue weighted by Gasteiger charge is -2.45. The molecule has 0 atom stereocenters. The van der Waals surface area contributed by atoms with Gasteiger partial charge in [0.1, 0.15) is 16.7 Å². The largest absolute Gasteiger partial charge is 0.456 e. The molecule has 79 heavy (non-hydrogen) atoms. The summed E-state index contributed by atoms with van der Waals surface area (Å²) in [6, 6.07) is 98.4. The zero-order chi connectivity index (χ0) is 51.8. The first kappa shape index (κ1) is 44.6. The minimum Gasteiger partial charge on any atom is -0.456 e. The minimum atomic E-state index is -3.24. The van der Waals surface area contributed by atoms with Crippen molar-refractivity contribution < 1.29 is 8.83 Å². The molecule has 12 aromatic carbocycles. The number of thiophene rings is 2. The average Bonchev–Trinajstić information content (AvgIpc) is 4.47. The summed E-state index contributed by atoms with van der Waals surface area (Å²) >= 11 is 3.78. The summed E-state index contributed by atoms with van der Waals surface area (Å²) in [5, 5.41) is 14.8. The summed E-state index contributed by atoms with van der Waals surface area (Å²) in [5.74, 6) is 0. The van der Waals surface area contributed by atoms with Crippen molar-refractivity contribution in [2.24, 2.45) is 0 Å². The van der Waals surface area contributed by atoms with Crippen LogP contribution in [0.3, 0.4) is 0 Å². The summed E-state index contributed by atoms with van der Waals surface area (Å²) in [7, 11) is -3.24. The second kappa shape index (κ2) is 17.3. The van der Waals surface area contributed by atoms with Crippen molar-refractivity contribution in [3.8, 4) is 11.1 Å². The quantitative estimate of drug-likeness (QED) is 0.149. The van der Waals surface area contributed by atoms with Gasteiger partial charge in [0.15, 0.2) is 13.7 Å². The van der Waals surface area contributed by atoms with Gasteiger partial charge in [-0.2, -0.15) is 0 Å². The van der Waals surface area contributed by atoms with Crippen molar-refractivity contribution in [3.63, 3.8) is 0 Å². The van der Waals surface area contributed by atoms with Gasteiger partial charge in [0.05, 0.1) is 11.4 Å². The smallest absolute Gasteiger partial charge is 0.184 e. The Morgan fingerprint density at radius 3 is 1.62 bits per heavy atom. The summed E-state index contributed by atoms with van der Waals surface area (Å²) < 4.78 is 19.3. The number of nitrogens with zero attached hydrogens (tertiary/aromatic N) is 2. The van der Waals surface area contributed by atoms with Crippen LogP contribution >= 0.6 is 22.7 Å². The highest BCUT2D eigenvalue weighted by Gasteiger charge is 2.50. The second-order valence-corrected chi connectivity index (χ2v) is 26.6. The van der Waals surface area contributed by atoms with E-state index in [1.54, 1.807) is 0 Å². The molecule has 1 aliphatic rings. The van der Waals surface area contributed by atoms with Crippen LogP contribution in [0.2, 0.25) is 0 Å². The fourth-order valence-corrected chi connectivity index (χ4v) is 20.6. The van der Waals surface area contributed by atoms with Crippen LogP contribution in [0.25, 0.3) is 95.3 Å². The van der Waals surface area contributed by atoms with Gasteiger partial charge in [0.25, 0.3) is 0 Å². The number of para-hydroxylation sites is 4. The Labute approximate surface area is 463 Å². The lowest BCUT2D eigenvalue weighted by atomic mass is 10.0. The predicted molar refractivity (Wildman–Crippen MR) is 339 cm³/mol. The zero-order valence-corrected chi connectivity index (χ0v) is 45.1. The molecule has 0 N–H and O–H groups in total. The van der Waals surface area contributed by atoms with E-state index in [1.807, 2.05) is 28.7 Å². The van der Waals surface area contributed by atoms with Crippen LogP contribution in [-0.4, -0.2) is 8.07 Å². The van der Waals surface area contributed by atoms with Crippen LogP contribution < -0.4 is 30.5 Å². The average molecular weight is 1060 g/mol. The van der Waals surface area contributed by atoms with E-state index in [2.05, 4.69) is 271 Å². The van der Waals surface area contributed by atoms with E-state index in [9.17, 15) is 0 Å². The third-order valence-corrected chi connectivity index (χ3v) is 23.6. The van der Waals surface area contributed by atoms with Gasteiger partial charge < -0.3 is 18.6 Å². The van der Waals surface area contributed by atoms with Gasteiger partial charge in [-0.3, -0.25) is 0 Å². The maximum absolute atomic E-state index is 7.37. The molecule has 4 aromatic heterocycles. The van der Waals surface area contributed by atoms with Gasteiger partial charge in [0.2, 0.25) is 0 Å². The first-order valence-corrected chi connectivity index (χ1v) is 30.4. The van der Waals surface area contributed by atoms with Crippen molar-refractivity contribution in [1.29, 1.82) is 0 Å². The third-order valence-electron chi connectivity index (χ3n) is 16.5. The molecule has 17 rings (SSSR count). The Hall–Kier alpha value is -9.50. The molecule has 4 nitrogen and oxygen atoms in total. The maximum Gasteiger partial charge on any atom is 0.184 e. The van der Waals surface area contributed by atoms with Crippen LogP contribution in [-0.2, 0) is 0 Å². The van der Waals surface area contributed by atoms with Crippen LogP contribution in [0.5, 0.6) is 0 Å². The fraction of sp³-hybridized carbons (Fsp3) is 0. The Bertz CT molecular complexity index is 5000. The third kappa shape index (κ3) is 6.64.